The maximum Gasteiger partial charge on any atom is 0.358 e. The second kappa shape index (κ2) is 8.89. The molecule has 1 aliphatic rings. The van der Waals surface area contributed by atoms with E-state index in [0.29, 0.717) is 13.0 Å². The minimum atomic E-state index is -0.270. The van der Waals surface area contributed by atoms with E-state index >= 15 is 0 Å². The summed E-state index contributed by atoms with van der Waals surface area (Å²) in [5, 5.41) is 3.24. The first-order chi connectivity index (χ1) is 13.9. The Bertz CT molecular complexity index is 900. The van der Waals surface area contributed by atoms with Crippen LogP contribution in [0.25, 0.3) is 11.3 Å². The SMILES string of the molecule is CCN(CC)c1ccc(-c2c[n+]3c(c(CCCN=C(N)N)n2)NC(C)C3=O)cc1. The van der Waals surface area contributed by atoms with Crippen LogP contribution in [0.2, 0.25) is 0 Å². The predicted octanol–water partition coefficient (Wildman–Crippen LogP) is 1.54. The molecule has 1 unspecified atom stereocenters. The number of hydrogen-bond donors (Lipinski definition) is 3. The number of guanidine groups is 1. The Labute approximate surface area is 171 Å². The molecule has 0 amide bonds. The van der Waals surface area contributed by atoms with Crippen LogP contribution in [0.15, 0.2) is 35.5 Å². The maximum absolute atomic E-state index is 12.6. The summed E-state index contributed by atoms with van der Waals surface area (Å²) >= 11 is 0. The van der Waals surface area contributed by atoms with Crippen LogP contribution >= 0.6 is 0 Å². The average molecular weight is 397 g/mol. The van der Waals surface area contributed by atoms with Gasteiger partial charge in [0.15, 0.2) is 12.0 Å². The summed E-state index contributed by atoms with van der Waals surface area (Å²) in [5.74, 6) is 0.867. The van der Waals surface area contributed by atoms with E-state index in [9.17, 15) is 4.79 Å². The number of nitrogens with one attached hydrogen (secondary N) is 1. The number of benzene rings is 1. The Morgan fingerprint density at radius 3 is 2.55 bits per heavy atom. The monoisotopic (exact) mass is 396 g/mol. The largest absolute Gasteiger partial charge is 0.372 e. The molecule has 1 atom stereocenters. The van der Waals surface area contributed by atoms with E-state index in [1.165, 1.54) is 5.69 Å². The quantitative estimate of drug-likeness (QED) is 0.270. The molecule has 0 bridgehead atoms. The number of fused-ring (bicyclic) bond motifs is 1. The molecule has 154 valence electrons. The van der Waals surface area contributed by atoms with Gasteiger partial charge in [0.2, 0.25) is 0 Å². The van der Waals surface area contributed by atoms with Gasteiger partial charge in [0, 0.05) is 30.9 Å². The lowest BCUT2D eigenvalue weighted by Gasteiger charge is -2.21. The van der Waals surface area contributed by atoms with Crippen molar-refractivity contribution in [3.05, 3.63) is 36.2 Å². The Balaban J connectivity index is 1.92. The number of hydrogen-bond acceptors (Lipinski definition) is 5. The number of anilines is 2. The number of aryl methyl sites for hydroxylation is 1. The number of carbonyl (C=O) groups is 1. The zero-order chi connectivity index (χ0) is 21.0. The van der Waals surface area contributed by atoms with Crippen LogP contribution < -0.4 is 26.3 Å². The number of rotatable bonds is 8. The number of nitrogens with zero attached hydrogens (tertiary/aromatic N) is 4. The van der Waals surface area contributed by atoms with Gasteiger partial charge in [-0.2, -0.15) is 4.57 Å². The molecular weight excluding hydrogens is 366 g/mol. The number of aliphatic imine (C=N–C) groups is 1. The summed E-state index contributed by atoms with van der Waals surface area (Å²) in [6.45, 7) is 8.59. The van der Waals surface area contributed by atoms with Gasteiger partial charge in [-0.3, -0.25) is 10.3 Å². The standard InChI is InChI=1S/C21H29N7O/c1-4-27(5-2)16-10-8-15(9-11-16)18-13-28-19(25-14(3)20(28)29)17(26-18)7-6-12-24-21(22)23/h8-11,13-14H,4-7,12H2,1-3H3,(H4,22,23,24)/p+1. The molecule has 1 aromatic heterocycles. The molecule has 3 rings (SSSR count). The lowest BCUT2D eigenvalue weighted by Crippen LogP contribution is -2.42. The highest BCUT2D eigenvalue weighted by molar-refractivity contribution is 5.81. The van der Waals surface area contributed by atoms with E-state index in [2.05, 4.69) is 53.3 Å². The zero-order valence-electron chi connectivity index (χ0n) is 17.4. The third kappa shape index (κ3) is 4.47. The third-order valence-corrected chi connectivity index (χ3v) is 5.14. The van der Waals surface area contributed by atoms with Gasteiger partial charge >= 0.3 is 11.7 Å². The van der Waals surface area contributed by atoms with Crippen molar-refractivity contribution < 1.29 is 9.36 Å². The Morgan fingerprint density at radius 1 is 1.24 bits per heavy atom. The van der Waals surface area contributed by atoms with Gasteiger partial charge < -0.3 is 16.4 Å². The van der Waals surface area contributed by atoms with Gasteiger partial charge in [-0.15, -0.1) is 0 Å². The molecule has 0 radical (unpaired) electrons. The topological polar surface area (TPSA) is 114 Å². The van der Waals surface area contributed by atoms with Crippen molar-refractivity contribution in [3.8, 4) is 11.3 Å². The van der Waals surface area contributed by atoms with E-state index in [0.717, 1.165) is 42.3 Å². The Hall–Kier alpha value is -3.16. The molecule has 8 nitrogen and oxygen atoms in total. The lowest BCUT2D eigenvalue weighted by molar-refractivity contribution is -0.552. The van der Waals surface area contributed by atoms with E-state index in [-0.39, 0.29) is 17.9 Å². The summed E-state index contributed by atoms with van der Waals surface area (Å²) in [7, 11) is 0. The first-order valence-corrected chi connectivity index (χ1v) is 10.1. The number of nitrogens with two attached hydrogens (primary N) is 2. The molecule has 0 saturated carbocycles. The molecule has 0 spiro atoms. The molecular formula is C21H30N7O+. The van der Waals surface area contributed by atoms with Crippen LogP contribution in [-0.2, 0) is 6.42 Å². The highest BCUT2D eigenvalue weighted by Crippen LogP contribution is 2.25. The zero-order valence-corrected chi connectivity index (χ0v) is 17.4. The second-order valence-electron chi connectivity index (χ2n) is 7.13. The van der Waals surface area contributed by atoms with Crippen molar-refractivity contribution in [2.75, 3.05) is 29.9 Å². The van der Waals surface area contributed by atoms with E-state index < -0.39 is 0 Å². The van der Waals surface area contributed by atoms with Crippen molar-refractivity contribution in [3.63, 3.8) is 0 Å². The van der Waals surface area contributed by atoms with Crippen molar-refractivity contribution in [1.82, 2.24) is 4.98 Å². The lowest BCUT2D eigenvalue weighted by atomic mass is 10.1. The molecule has 1 aliphatic heterocycles. The smallest absolute Gasteiger partial charge is 0.358 e. The first-order valence-electron chi connectivity index (χ1n) is 10.1. The van der Waals surface area contributed by atoms with Gasteiger partial charge in [0.1, 0.15) is 17.6 Å². The highest BCUT2D eigenvalue weighted by atomic mass is 16.2. The second-order valence-corrected chi connectivity index (χ2v) is 7.13. The van der Waals surface area contributed by atoms with Crippen LogP contribution in [0.4, 0.5) is 11.5 Å². The number of aromatic nitrogens is 2. The third-order valence-electron chi connectivity index (χ3n) is 5.14. The van der Waals surface area contributed by atoms with Crippen molar-refractivity contribution in [2.45, 2.75) is 39.7 Å². The molecule has 0 aliphatic carbocycles. The van der Waals surface area contributed by atoms with Crippen LogP contribution in [0, 0.1) is 0 Å². The molecule has 5 N–H and O–H groups in total. The van der Waals surface area contributed by atoms with Gasteiger partial charge in [0.25, 0.3) is 0 Å². The minimum Gasteiger partial charge on any atom is -0.372 e. The minimum absolute atomic E-state index is 0.0221. The summed E-state index contributed by atoms with van der Waals surface area (Å²) in [6.07, 6.45) is 3.23. The summed E-state index contributed by atoms with van der Waals surface area (Å²) in [6, 6.07) is 8.05. The van der Waals surface area contributed by atoms with Gasteiger partial charge in [-0.25, -0.2) is 9.78 Å². The van der Waals surface area contributed by atoms with E-state index in [4.69, 9.17) is 16.5 Å². The normalized spacial score (nSPS) is 15.0. The van der Waals surface area contributed by atoms with Crippen LogP contribution in [0.1, 0.15) is 37.7 Å². The van der Waals surface area contributed by atoms with Crippen molar-refractivity contribution >= 4 is 23.4 Å². The molecule has 2 aromatic rings. The number of carbonyl (C=O) groups excluding carboxylic acids is 1. The van der Waals surface area contributed by atoms with Gasteiger partial charge in [0.05, 0.1) is 0 Å². The van der Waals surface area contributed by atoms with Gasteiger partial charge in [-0.05, 0) is 45.7 Å². The molecule has 29 heavy (non-hydrogen) atoms. The molecule has 0 saturated heterocycles. The van der Waals surface area contributed by atoms with Crippen LogP contribution in [-0.4, -0.2) is 42.5 Å². The highest BCUT2D eigenvalue weighted by Gasteiger charge is 2.37. The summed E-state index contributed by atoms with van der Waals surface area (Å²) in [5.41, 5.74) is 14.6. The summed E-state index contributed by atoms with van der Waals surface area (Å²) in [4.78, 5) is 23.8. The maximum atomic E-state index is 12.6. The molecule has 8 heteroatoms. The van der Waals surface area contributed by atoms with Crippen molar-refractivity contribution in [1.29, 1.82) is 0 Å². The summed E-state index contributed by atoms with van der Waals surface area (Å²) < 4.78 is 1.68. The Morgan fingerprint density at radius 2 is 1.93 bits per heavy atom. The fourth-order valence-corrected chi connectivity index (χ4v) is 3.56. The fourth-order valence-electron chi connectivity index (χ4n) is 3.56. The van der Waals surface area contributed by atoms with E-state index in [1.807, 2.05) is 13.1 Å². The first kappa shape index (κ1) is 20.6. The molecule has 1 aromatic carbocycles. The predicted molar refractivity (Wildman–Crippen MR) is 116 cm³/mol. The molecule has 2 heterocycles. The van der Waals surface area contributed by atoms with Crippen LogP contribution in [0.5, 0.6) is 0 Å². The average Bonchev–Trinajstić information content (AvgIpc) is 3.01. The Kier molecular flexibility index (Phi) is 6.31. The van der Waals surface area contributed by atoms with E-state index in [1.54, 1.807) is 4.57 Å². The van der Waals surface area contributed by atoms with Crippen LogP contribution in [0.3, 0.4) is 0 Å². The fraction of sp³-hybridized carbons (Fsp3) is 0.429. The molecule has 0 fully saturated rings. The van der Waals surface area contributed by atoms with Crippen molar-refractivity contribution in [2.24, 2.45) is 16.5 Å². The van der Waals surface area contributed by atoms with Gasteiger partial charge in [-0.1, -0.05) is 12.1 Å².